The van der Waals surface area contributed by atoms with Crippen LogP contribution in [0, 0.1) is 13.8 Å². The number of hydrogen-bond acceptors (Lipinski definition) is 4. The number of nitrogens with one attached hydrogen (secondary N) is 1. The second kappa shape index (κ2) is 6.72. The van der Waals surface area contributed by atoms with Crippen molar-refractivity contribution < 1.29 is 19.1 Å². The number of benzene rings is 1. The minimum Gasteiger partial charge on any atom is -0.457 e. The number of ether oxygens (including phenoxy) is 1. The highest BCUT2D eigenvalue weighted by atomic mass is 35.5. The first-order chi connectivity index (χ1) is 12.3. The second-order valence-corrected chi connectivity index (χ2v) is 7.21. The maximum Gasteiger partial charge on any atom is 0.317 e. The van der Waals surface area contributed by atoms with Crippen LogP contribution in [0.25, 0.3) is 0 Å². The van der Waals surface area contributed by atoms with E-state index in [4.69, 9.17) is 16.3 Å². The summed E-state index contributed by atoms with van der Waals surface area (Å²) in [5.41, 5.74) is 2.25. The maximum atomic E-state index is 12.5. The molecule has 26 heavy (non-hydrogen) atoms. The van der Waals surface area contributed by atoms with Crippen LogP contribution in [-0.2, 0) is 14.9 Å². The Bertz CT molecular complexity index is 891. The number of aromatic nitrogens is 1. The molecule has 0 saturated heterocycles. The number of halogens is 1. The van der Waals surface area contributed by atoms with E-state index in [0.29, 0.717) is 40.4 Å². The third-order valence-electron chi connectivity index (χ3n) is 4.94. The van der Waals surface area contributed by atoms with Gasteiger partial charge < -0.3 is 9.72 Å². The zero-order valence-corrected chi connectivity index (χ0v) is 15.7. The van der Waals surface area contributed by atoms with Gasteiger partial charge in [0.1, 0.15) is 0 Å². The molecule has 0 radical (unpaired) electrons. The summed E-state index contributed by atoms with van der Waals surface area (Å²) >= 11 is 5.90. The van der Waals surface area contributed by atoms with Crippen molar-refractivity contribution in [2.75, 3.05) is 6.61 Å². The van der Waals surface area contributed by atoms with Crippen LogP contribution in [0.15, 0.2) is 24.3 Å². The zero-order chi connectivity index (χ0) is 19.1. The second-order valence-electron chi connectivity index (χ2n) is 6.77. The first-order valence-electron chi connectivity index (χ1n) is 8.43. The number of rotatable bonds is 6. The number of H-pyrrole nitrogens is 1. The van der Waals surface area contributed by atoms with Crippen molar-refractivity contribution in [3.05, 3.63) is 57.4 Å². The predicted molar refractivity (Wildman–Crippen MR) is 97.9 cm³/mol. The number of aromatic amines is 1. The SMILES string of the molecule is CC(=O)c1c(C)[nH]c(C(=O)COC(=O)C2(c3ccc(Cl)cc3)CC2)c1C. The van der Waals surface area contributed by atoms with Crippen LogP contribution in [0.5, 0.6) is 0 Å². The van der Waals surface area contributed by atoms with Crippen LogP contribution in [0.4, 0.5) is 0 Å². The van der Waals surface area contributed by atoms with Crippen LogP contribution in [0.3, 0.4) is 0 Å². The molecule has 0 spiro atoms. The molecule has 1 aromatic heterocycles. The molecule has 1 aliphatic rings. The highest BCUT2D eigenvalue weighted by Crippen LogP contribution is 2.49. The summed E-state index contributed by atoms with van der Waals surface area (Å²) < 4.78 is 5.31. The summed E-state index contributed by atoms with van der Waals surface area (Å²) in [7, 11) is 0. The van der Waals surface area contributed by atoms with Gasteiger partial charge in [0.25, 0.3) is 0 Å². The van der Waals surface area contributed by atoms with Gasteiger partial charge in [-0.1, -0.05) is 23.7 Å². The lowest BCUT2D eigenvalue weighted by molar-refractivity contribution is -0.145. The first-order valence-corrected chi connectivity index (χ1v) is 8.80. The van der Waals surface area contributed by atoms with E-state index in [0.717, 1.165) is 5.56 Å². The molecule has 5 nitrogen and oxygen atoms in total. The Labute approximate surface area is 156 Å². The van der Waals surface area contributed by atoms with Crippen LogP contribution >= 0.6 is 11.6 Å². The van der Waals surface area contributed by atoms with Crippen molar-refractivity contribution >= 4 is 29.1 Å². The van der Waals surface area contributed by atoms with E-state index in [1.165, 1.54) is 6.92 Å². The average Bonchev–Trinajstić information content (AvgIpc) is 3.33. The Morgan fingerprint density at radius 3 is 2.27 bits per heavy atom. The van der Waals surface area contributed by atoms with Crippen LogP contribution in [-0.4, -0.2) is 29.1 Å². The smallest absolute Gasteiger partial charge is 0.317 e. The minimum absolute atomic E-state index is 0.105. The van der Waals surface area contributed by atoms with E-state index in [1.54, 1.807) is 26.0 Å². The average molecular weight is 374 g/mol. The Kier molecular flexibility index (Phi) is 4.76. The van der Waals surface area contributed by atoms with E-state index in [2.05, 4.69) is 4.98 Å². The van der Waals surface area contributed by atoms with Crippen LogP contribution in [0.1, 0.15) is 57.4 Å². The summed E-state index contributed by atoms with van der Waals surface area (Å²) in [6, 6.07) is 7.11. The molecule has 0 atom stereocenters. The molecule has 3 rings (SSSR count). The summed E-state index contributed by atoms with van der Waals surface area (Å²) in [5, 5.41) is 0.604. The summed E-state index contributed by atoms with van der Waals surface area (Å²) in [6.07, 6.45) is 1.38. The highest BCUT2D eigenvalue weighted by Gasteiger charge is 2.52. The van der Waals surface area contributed by atoms with Gasteiger partial charge in [-0.05, 0) is 56.9 Å². The fourth-order valence-corrected chi connectivity index (χ4v) is 3.53. The van der Waals surface area contributed by atoms with Crippen LogP contribution in [0.2, 0.25) is 5.02 Å². The third kappa shape index (κ3) is 3.19. The maximum absolute atomic E-state index is 12.5. The summed E-state index contributed by atoms with van der Waals surface area (Å²) in [6.45, 7) is 4.56. The van der Waals surface area contributed by atoms with Gasteiger partial charge in [-0.25, -0.2) is 0 Å². The van der Waals surface area contributed by atoms with Crippen LogP contribution < -0.4 is 0 Å². The topological polar surface area (TPSA) is 76.2 Å². The largest absolute Gasteiger partial charge is 0.457 e. The van der Waals surface area contributed by atoms with Crippen molar-refractivity contribution in [1.29, 1.82) is 0 Å². The Balaban J connectivity index is 1.70. The lowest BCUT2D eigenvalue weighted by Gasteiger charge is -2.14. The normalized spacial score (nSPS) is 14.8. The quantitative estimate of drug-likeness (QED) is 0.614. The van der Waals surface area contributed by atoms with Crippen molar-refractivity contribution in [3.63, 3.8) is 0 Å². The van der Waals surface area contributed by atoms with Crippen molar-refractivity contribution in [1.82, 2.24) is 4.98 Å². The number of hydrogen-bond donors (Lipinski definition) is 1. The number of carbonyl (C=O) groups excluding carboxylic acids is 3. The molecule has 1 aromatic carbocycles. The summed E-state index contributed by atoms with van der Waals surface area (Å²) in [4.78, 5) is 39.6. The Morgan fingerprint density at radius 2 is 1.77 bits per heavy atom. The lowest BCUT2D eigenvalue weighted by Crippen LogP contribution is -2.26. The van der Waals surface area contributed by atoms with E-state index in [9.17, 15) is 14.4 Å². The third-order valence-corrected chi connectivity index (χ3v) is 5.19. The van der Waals surface area contributed by atoms with Gasteiger partial charge in [-0.15, -0.1) is 0 Å². The molecular formula is C20H20ClNO4. The van der Waals surface area contributed by atoms with E-state index in [-0.39, 0.29) is 18.2 Å². The van der Waals surface area contributed by atoms with E-state index in [1.807, 2.05) is 12.1 Å². The van der Waals surface area contributed by atoms with Gasteiger partial charge in [0, 0.05) is 16.3 Å². The molecular weight excluding hydrogens is 354 g/mol. The molecule has 136 valence electrons. The molecule has 0 unspecified atom stereocenters. The Morgan fingerprint density at radius 1 is 1.15 bits per heavy atom. The number of esters is 1. The standard InChI is InChI=1S/C20H20ClNO4/c1-11-17(13(3)23)12(2)22-18(11)16(24)10-26-19(25)20(8-9-20)14-4-6-15(21)7-5-14/h4-7,22H,8-10H2,1-3H3. The molecule has 1 fully saturated rings. The van der Waals surface area contributed by atoms with E-state index >= 15 is 0 Å². The summed E-state index contributed by atoms with van der Waals surface area (Å²) in [5.74, 6) is -0.855. The van der Waals surface area contributed by atoms with Gasteiger partial charge in [-0.3, -0.25) is 14.4 Å². The van der Waals surface area contributed by atoms with Gasteiger partial charge in [0.2, 0.25) is 5.78 Å². The van der Waals surface area contributed by atoms with Gasteiger partial charge in [-0.2, -0.15) is 0 Å². The molecule has 1 heterocycles. The lowest BCUT2D eigenvalue weighted by atomic mass is 9.96. The minimum atomic E-state index is -0.671. The Hall–Kier alpha value is -2.40. The van der Waals surface area contributed by atoms with Gasteiger partial charge in [0.15, 0.2) is 12.4 Å². The van der Waals surface area contributed by atoms with Crippen molar-refractivity contribution in [3.8, 4) is 0 Å². The number of ketones is 2. The molecule has 6 heteroatoms. The fraction of sp³-hybridized carbons (Fsp3) is 0.350. The van der Waals surface area contributed by atoms with Crippen molar-refractivity contribution in [2.24, 2.45) is 0 Å². The number of aryl methyl sites for hydroxylation is 1. The highest BCUT2D eigenvalue weighted by molar-refractivity contribution is 6.30. The van der Waals surface area contributed by atoms with Gasteiger partial charge >= 0.3 is 5.97 Å². The van der Waals surface area contributed by atoms with Crippen molar-refractivity contribution in [2.45, 2.75) is 39.0 Å². The monoisotopic (exact) mass is 373 g/mol. The van der Waals surface area contributed by atoms with E-state index < -0.39 is 11.4 Å². The molecule has 1 N–H and O–H groups in total. The van der Waals surface area contributed by atoms with Gasteiger partial charge in [0.05, 0.1) is 11.1 Å². The predicted octanol–water partition coefficient (Wildman–Crippen LogP) is 3.95. The molecule has 0 aliphatic heterocycles. The fourth-order valence-electron chi connectivity index (χ4n) is 3.40. The number of Topliss-reactive ketones (excluding diaryl/α,β-unsaturated/α-hetero) is 2. The molecule has 2 aromatic rings. The molecule has 1 aliphatic carbocycles. The zero-order valence-electron chi connectivity index (χ0n) is 14.9. The molecule has 0 amide bonds. The molecule has 1 saturated carbocycles. The first kappa shape index (κ1) is 18.4. The number of carbonyl (C=O) groups is 3. The molecule has 0 bridgehead atoms.